The molecule has 0 heteroatoms. The Hall–Kier alpha value is -0.260. The van der Waals surface area contributed by atoms with Crippen molar-refractivity contribution in [2.75, 3.05) is 0 Å². The van der Waals surface area contributed by atoms with Gasteiger partial charge in [-0.3, -0.25) is 0 Å². The van der Waals surface area contributed by atoms with Crippen molar-refractivity contribution in [2.45, 2.75) is 39.5 Å². The molecule has 10 heavy (non-hydrogen) atoms. The number of hydrogen-bond donors (Lipinski definition) is 0. The highest BCUT2D eigenvalue weighted by atomic mass is 14.0. The van der Waals surface area contributed by atoms with Crippen LogP contribution in [0, 0.1) is 12.8 Å². The van der Waals surface area contributed by atoms with E-state index in [9.17, 15) is 0 Å². The highest BCUT2D eigenvalue weighted by Gasteiger charge is 1.94. The monoisotopic (exact) mass is 139 g/mol. The van der Waals surface area contributed by atoms with Crippen LogP contribution in [0.5, 0.6) is 0 Å². The summed E-state index contributed by atoms with van der Waals surface area (Å²) in [5, 5.41) is 0. The lowest BCUT2D eigenvalue weighted by Gasteiger charge is -2.03. The van der Waals surface area contributed by atoms with Crippen molar-refractivity contribution < 1.29 is 0 Å². The summed E-state index contributed by atoms with van der Waals surface area (Å²) >= 11 is 0. The molecule has 0 saturated carbocycles. The maximum Gasteiger partial charge on any atom is -0.0262 e. The van der Waals surface area contributed by atoms with Crippen molar-refractivity contribution in [3.63, 3.8) is 0 Å². The minimum atomic E-state index is 0.726. The van der Waals surface area contributed by atoms with Gasteiger partial charge in [0.05, 0.1) is 0 Å². The van der Waals surface area contributed by atoms with E-state index in [4.69, 9.17) is 0 Å². The molecule has 0 rings (SSSR count). The lowest BCUT2D eigenvalue weighted by atomic mass is 10.0. The Kier molecular flexibility index (Phi) is 6.68. The minimum Gasteiger partial charge on any atom is -0.0880 e. The lowest BCUT2D eigenvalue weighted by Crippen LogP contribution is -1.88. The third kappa shape index (κ3) is 5.87. The zero-order valence-corrected chi connectivity index (χ0v) is 7.27. The first-order valence-electron chi connectivity index (χ1n) is 4.27. The van der Waals surface area contributed by atoms with Crippen molar-refractivity contribution in [1.82, 2.24) is 0 Å². The molecule has 0 aliphatic carbocycles. The molecule has 0 nitrogen and oxygen atoms in total. The van der Waals surface area contributed by atoms with Crippen LogP contribution in [-0.4, -0.2) is 0 Å². The van der Waals surface area contributed by atoms with Crippen molar-refractivity contribution >= 4 is 0 Å². The Morgan fingerprint density at radius 2 is 2.10 bits per heavy atom. The van der Waals surface area contributed by atoms with Crippen molar-refractivity contribution in [3.05, 3.63) is 19.1 Å². The number of unbranched alkanes of at least 4 members (excludes halogenated alkanes) is 2. The fraction of sp³-hybridized carbons (Fsp3) is 0.700. The molecule has 0 heterocycles. The van der Waals surface area contributed by atoms with Gasteiger partial charge in [0.2, 0.25) is 0 Å². The average Bonchev–Trinajstić information content (AvgIpc) is 1.89. The van der Waals surface area contributed by atoms with E-state index in [-0.39, 0.29) is 0 Å². The van der Waals surface area contributed by atoms with Gasteiger partial charge in [-0.15, -0.1) is 0 Å². The van der Waals surface area contributed by atoms with Gasteiger partial charge in [-0.2, -0.15) is 0 Å². The van der Waals surface area contributed by atoms with Crippen molar-refractivity contribution in [3.8, 4) is 0 Å². The van der Waals surface area contributed by atoms with E-state index in [1.807, 2.05) is 6.08 Å². The average molecular weight is 139 g/mol. The van der Waals surface area contributed by atoms with Crippen LogP contribution in [0.1, 0.15) is 39.5 Å². The van der Waals surface area contributed by atoms with Gasteiger partial charge < -0.3 is 0 Å². The highest BCUT2D eigenvalue weighted by Crippen LogP contribution is 2.09. The SMILES string of the molecule is [CH2]C=CC(C)CCCCC. The molecule has 0 aromatic rings. The fourth-order valence-corrected chi connectivity index (χ4v) is 1.04. The van der Waals surface area contributed by atoms with Gasteiger partial charge in [-0.1, -0.05) is 45.3 Å². The minimum absolute atomic E-state index is 0.726. The molecule has 0 amide bonds. The Labute approximate surface area is 65.3 Å². The van der Waals surface area contributed by atoms with Gasteiger partial charge in [0, 0.05) is 0 Å². The molecular formula is C10H19. The second-order valence-corrected chi connectivity index (χ2v) is 2.90. The van der Waals surface area contributed by atoms with Crippen LogP contribution in [0.25, 0.3) is 0 Å². The first-order valence-corrected chi connectivity index (χ1v) is 4.27. The standard InChI is InChI=1S/C10H19/c1-4-6-7-9-10(3)8-5-2/h5,8,10H,2,4,6-7,9H2,1,3H3. The molecule has 0 aliphatic heterocycles. The van der Waals surface area contributed by atoms with Gasteiger partial charge in [0.15, 0.2) is 0 Å². The molecule has 59 valence electrons. The third-order valence-corrected chi connectivity index (χ3v) is 1.73. The van der Waals surface area contributed by atoms with Gasteiger partial charge in [-0.05, 0) is 19.3 Å². The van der Waals surface area contributed by atoms with Crippen LogP contribution < -0.4 is 0 Å². The molecule has 0 N–H and O–H groups in total. The largest absolute Gasteiger partial charge is 0.0880 e. The summed E-state index contributed by atoms with van der Waals surface area (Å²) in [5.41, 5.74) is 0. The van der Waals surface area contributed by atoms with Crippen LogP contribution in [0.15, 0.2) is 12.2 Å². The molecule has 0 fully saturated rings. The number of hydrogen-bond acceptors (Lipinski definition) is 0. The predicted molar refractivity (Wildman–Crippen MR) is 47.8 cm³/mol. The summed E-state index contributed by atoms with van der Waals surface area (Å²) in [5.74, 6) is 0.726. The lowest BCUT2D eigenvalue weighted by molar-refractivity contribution is 0.576. The maximum atomic E-state index is 3.67. The molecule has 0 spiro atoms. The summed E-state index contributed by atoms with van der Waals surface area (Å²) in [6, 6.07) is 0. The summed E-state index contributed by atoms with van der Waals surface area (Å²) in [7, 11) is 0. The van der Waals surface area contributed by atoms with Gasteiger partial charge in [-0.25, -0.2) is 0 Å². The number of rotatable bonds is 5. The van der Waals surface area contributed by atoms with E-state index in [1.54, 1.807) is 0 Å². The maximum absolute atomic E-state index is 3.67. The van der Waals surface area contributed by atoms with E-state index < -0.39 is 0 Å². The van der Waals surface area contributed by atoms with Crippen molar-refractivity contribution in [1.29, 1.82) is 0 Å². The van der Waals surface area contributed by atoms with Crippen LogP contribution >= 0.6 is 0 Å². The second kappa shape index (κ2) is 6.85. The molecule has 0 aromatic heterocycles. The van der Waals surface area contributed by atoms with Gasteiger partial charge in [0.25, 0.3) is 0 Å². The quantitative estimate of drug-likeness (QED) is 0.510. The molecule has 0 aromatic carbocycles. The molecule has 0 aliphatic rings. The van der Waals surface area contributed by atoms with Gasteiger partial charge >= 0.3 is 0 Å². The highest BCUT2D eigenvalue weighted by molar-refractivity contribution is 4.87. The Bertz CT molecular complexity index is 82.0. The van der Waals surface area contributed by atoms with Crippen molar-refractivity contribution in [2.24, 2.45) is 5.92 Å². The van der Waals surface area contributed by atoms with Crippen LogP contribution in [0.2, 0.25) is 0 Å². The van der Waals surface area contributed by atoms with Crippen LogP contribution in [0.3, 0.4) is 0 Å². The van der Waals surface area contributed by atoms with Gasteiger partial charge in [0.1, 0.15) is 0 Å². The van der Waals surface area contributed by atoms with E-state index >= 15 is 0 Å². The van der Waals surface area contributed by atoms with E-state index in [2.05, 4.69) is 26.8 Å². The first kappa shape index (κ1) is 9.74. The second-order valence-electron chi connectivity index (χ2n) is 2.90. The van der Waals surface area contributed by atoms with Crippen LogP contribution in [-0.2, 0) is 0 Å². The normalized spacial score (nSPS) is 14.3. The summed E-state index contributed by atoms with van der Waals surface area (Å²) < 4.78 is 0. The van der Waals surface area contributed by atoms with E-state index in [1.165, 1.54) is 25.7 Å². The Morgan fingerprint density at radius 3 is 2.60 bits per heavy atom. The Balaban J connectivity index is 3.13. The smallest absolute Gasteiger partial charge is 0.0262 e. The molecule has 0 bridgehead atoms. The van der Waals surface area contributed by atoms with Crippen LogP contribution in [0.4, 0.5) is 0 Å². The summed E-state index contributed by atoms with van der Waals surface area (Å²) in [6.07, 6.45) is 9.45. The zero-order valence-electron chi connectivity index (χ0n) is 7.27. The summed E-state index contributed by atoms with van der Waals surface area (Å²) in [6.45, 7) is 8.16. The fourth-order valence-electron chi connectivity index (χ4n) is 1.04. The topological polar surface area (TPSA) is 0 Å². The molecule has 1 atom stereocenters. The first-order chi connectivity index (χ1) is 4.81. The summed E-state index contributed by atoms with van der Waals surface area (Å²) in [4.78, 5) is 0. The van der Waals surface area contributed by atoms with E-state index in [0.29, 0.717) is 0 Å². The predicted octanol–water partition coefficient (Wildman–Crippen LogP) is 3.59. The zero-order chi connectivity index (χ0) is 7.82. The Morgan fingerprint density at radius 1 is 1.40 bits per heavy atom. The van der Waals surface area contributed by atoms with E-state index in [0.717, 1.165) is 5.92 Å². The molecular weight excluding hydrogens is 120 g/mol. The third-order valence-electron chi connectivity index (χ3n) is 1.73. The molecule has 1 radical (unpaired) electrons. The molecule has 1 unspecified atom stereocenters. The number of allylic oxidation sites excluding steroid dienone is 2. The molecule has 0 saturated heterocycles.